The first-order valence-electron chi connectivity index (χ1n) is 9.45. The molecule has 0 saturated carbocycles. The Kier molecular flexibility index (Phi) is 8.41. The Labute approximate surface area is 191 Å². The van der Waals surface area contributed by atoms with E-state index in [1.54, 1.807) is 24.6 Å². The highest BCUT2D eigenvalue weighted by molar-refractivity contribution is 8.02. The number of Topliss-reactive ketones (excluding diaryl/α,β-unsaturated/α-hetero) is 1. The van der Waals surface area contributed by atoms with Gasteiger partial charge < -0.3 is 12.9 Å². The molecular formula is C22H17BF8O2S. The lowest BCUT2D eigenvalue weighted by Crippen LogP contribution is -2.41. The summed E-state index contributed by atoms with van der Waals surface area (Å²) < 4.78 is 109. The summed E-state index contributed by atoms with van der Waals surface area (Å²) in [7, 11) is -2.03. The molecular weight excluding hydrogens is 491 g/mol. The van der Waals surface area contributed by atoms with Crippen molar-refractivity contribution in [3.63, 3.8) is 0 Å². The Balaban J connectivity index is 0.000000248. The molecule has 0 aliphatic carbocycles. The van der Waals surface area contributed by atoms with E-state index in [-0.39, 0.29) is 11.5 Å². The van der Waals surface area contributed by atoms with Crippen LogP contribution in [0.1, 0.15) is 10.4 Å². The number of ketones is 1. The van der Waals surface area contributed by atoms with Crippen LogP contribution >= 0.6 is 0 Å². The number of hydrogen-bond donors (Lipinski definition) is 0. The second kappa shape index (κ2) is 10.5. The summed E-state index contributed by atoms with van der Waals surface area (Å²) in [5.74, 6) is -13.5. The number of carbonyl (C=O) groups excluding carboxylic acids is 1. The molecule has 0 spiro atoms. The third-order valence-electron chi connectivity index (χ3n) is 4.36. The number of halogens is 8. The van der Waals surface area contributed by atoms with Gasteiger partial charge in [0.2, 0.25) is 5.78 Å². The van der Waals surface area contributed by atoms with E-state index >= 15 is 0 Å². The fourth-order valence-electron chi connectivity index (χ4n) is 2.79. The summed E-state index contributed by atoms with van der Waals surface area (Å²) in [5, 5.41) is 0. The van der Waals surface area contributed by atoms with Gasteiger partial charge in [0, 0.05) is 5.56 Å². The third-order valence-corrected chi connectivity index (χ3v) is 5.32. The second-order valence-corrected chi connectivity index (χ2v) is 10.7. The lowest BCUT2D eigenvalue weighted by molar-refractivity contribution is 0.102. The molecule has 0 saturated heterocycles. The van der Waals surface area contributed by atoms with Gasteiger partial charge in [-0.3, -0.25) is 4.79 Å². The van der Waals surface area contributed by atoms with Crippen LogP contribution in [-0.2, 0) is 14.1 Å². The Hall–Kier alpha value is -3.02. The van der Waals surface area contributed by atoms with E-state index in [4.69, 9.17) is 0 Å². The van der Waals surface area contributed by atoms with Crippen molar-refractivity contribution >= 4 is 28.2 Å². The molecule has 3 aromatic rings. The van der Waals surface area contributed by atoms with E-state index in [0.717, 1.165) is 11.1 Å². The highest BCUT2D eigenvalue weighted by Crippen LogP contribution is 2.22. The van der Waals surface area contributed by atoms with Crippen molar-refractivity contribution in [2.24, 2.45) is 0 Å². The summed E-state index contributed by atoms with van der Waals surface area (Å²) in [6.45, 7) is -6.30. The van der Waals surface area contributed by atoms with Crippen molar-refractivity contribution in [1.82, 2.24) is 0 Å². The molecule has 0 fully saturated rings. The predicted molar refractivity (Wildman–Crippen MR) is 116 cm³/mol. The van der Waals surface area contributed by atoms with E-state index in [2.05, 4.69) is 0 Å². The van der Waals surface area contributed by atoms with Gasteiger partial charge in [0.05, 0.1) is 9.93 Å². The average Bonchev–Trinajstić information content (AvgIpc) is 2.75. The summed E-state index contributed by atoms with van der Waals surface area (Å²) in [6, 6.07) is 17.5. The third kappa shape index (κ3) is 6.75. The van der Waals surface area contributed by atoms with Crippen molar-refractivity contribution in [2.45, 2.75) is 0 Å². The fourth-order valence-corrected chi connectivity index (χ4v) is 3.59. The Bertz CT molecular complexity index is 1190. The number of carbonyl (C=O) groups is 1. The van der Waals surface area contributed by atoms with Crippen LogP contribution in [0.2, 0.25) is 0 Å². The molecule has 3 aromatic carbocycles. The van der Waals surface area contributed by atoms with Crippen molar-refractivity contribution in [2.75, 3.05) is 18.3 Å². The van der Waals surface area contributed by atoms with Gasteiger partial charge >= 0.3 is 6.98 Å². The lowest BCUT2D eigenvalue weighted by Gasteiger charge is -2.17. The van der Waals surface area contributed by atoms with E-state index in [1.807, 2.05) is 42.5 Å². The van der Waals surface area contributed by atoms with Gasteiger partial charge in [-0.1, -0.05) is 54.6 Å². The molecule has 182 valence electrons. The molecule has 0 aromatic heterocycles. The maximum Gasteiger partial charge on any atom is 0.515 e. The van der Waals surface area contributed by atoms with Crippen LogP contribution in [0, 0.1) is 29.1 Å². The van der Waals surface area contributed by atoms with Gasteiger partial charge in [0.25, 0.3) is 0 Å². The maximum atomic E-state index is 12.5. The zero-order valence-electron chi connectivity index (χ0n) is 17.7. The van der Waals surface area contributed by atoms with Gasteiger partial charge in [-0.2, -0.15) is 0 Å². The summed E-state index contributed by atoms with van der Waals surface area (Å²) in [5.41, 5.74) is 0.0877. The minimum Gasteiger partial charge on any atom is -0.445 e. The predicted octanol–water partition coefficient (Wildman–Crippen LogP) is 5.73. The van der Waals surface area contributed by atoms with E-state index in [0.29, 0.717) is 5.56 Å². The highest BCUT2D eigenvalue weighted by atomic mass is 32.2. The summed E-state index contributed by atoms with van der Waals surface area (Å²) in [6.07, 6.45) is 3.23. The smallest absolute Gasteiger partial charge is 0.445 e. The zero-order valence-corrected chi connectivity index (χ0v) is 18.5. The summed E-state index contributed by atoms with van der Waals surface area (Å²) >= 11 is 0. The van der Waals surface area contributed by atoms with Gasteiger partial charge in [-0.15, -0.1) is 4.21 Å². The molecule has 2 nitrogen and oxygen atoms in total. The number of hydrogen-bond acceptors (Lipinski definition) is 2. The van der Waals surface area contributed by atoms with Crippen LogP contribution in [0.5, 0.6) is 0 Å². The Morgan fingerprint density at radius 2 is 1.12 bits per heavy atom. The molecule has 0 N–H and O–H groups in total. The molecule has 0 aliphatic rings. The van der Waals surface area contributed by atoms with Gasteiger partial charge in [0.15, 0.2) is 23.2 Å². The highest BCUT2D eigenvalue weighted by Gasteiger charge is 2.37. The van der Waals surface area contributed by atoms with Crippen molar-refractivity contribution in [1.29, 1.82) is 0 Å². The van der Waals surface area contributed by atoms with Crippen LogP contribution in [0.15, 0.2) is 54.6 Å². The molecule has 0 unspecified atom stereocenters. The SMILES string of the molecule is C[S+](C)(=O)CC(=O)c1ccc(-c2ccccc2)cc1.Fc1c(F)c(F)c([B-](F)(F)F)c(F)c1F. The number of benzene rings is 3. The monoisotopic (exact) mass is 508 g/mol. The average molecular weight is 508 g/mol. The first kappa shape index (κ1) is 27.2. The van der Waals surface area contributed by atoms with E-state index < -0.39 is 51.5 Å². The molecule has 0 atom stereocenters. The minimum atomic E-state index is -6.30. The molecule has 34 heavy (non-hydrogen) atoms. The van der Waals surface area contributed by atoms with Gasteiger partial charge in [-0.05, 0) is 16.6 Å². The topological polar surface area (TPSA) is 34.1 Å². The normalized spacial score (nSPS) is 11.6. The van der Waals surface area contributed by atoms with E-state index in [1.165, 1.54) is 0 Å². The standard InChI is InChI=1S/C16H17O2S.C6BF8/c1-19(2,18)12-16(17)15-10-8-14(9-11-15)13-6-4-3-5-7-13;8-2-1(7(13,14)15)3(9)5(11)6(12)4(2)10/h3-11H,12H2,1-2H3;/q+1;-1. The quantitative estimate of drug-likeness (QED) is 0.110. The molecule has 0 bridgehead atoms. The maximum absolute atomic E-state index is 12.5. The van der Waals surface area contributed by atoms with Crippen LogP contribution < -0.4 is 5.46 Å². The van der Waals surface area contributed by atoms with Crippen LogP contribution in [0.25, 0.3) is 11.1 Å². The van der Waals surface area contributed by atoms with Gasteiger partial charge in [-0.25, -0.2) is 22.0 Å². The second-order valence-electron chi connectivity index (χ2n) is 7.51. The zero-order chi connectivity index (χ0) is 25.8. The molecule has 3 rings (SSSR count). The molecule has 0 heterocycles. The van der Waals surface area contributed by atoms with Crippen LogP contribution in [-0.4, -0.2) is 31.0 Å². The van der Waals surface area contributed by atoms with Crippen molar-refractivity contribution in [3.8, 4) is 11.1 Å². The molecule has 0 amide bonds. The Morgan fingerprint density at radius 3 is 1.53 bits per heavy atom. The van der Waals surface area contributed by atoms with Gasteiger partial charge in [0.1, 0.15) is 24.1 Å². The van der Waals surface area contributed by atoms with Crippen LogP contribution in [0.3, 0.4) is 0 Å². The number of rotatable bonds is 5. The molecule has 0 radical (unpaired) electrons. The first-order chi connectivity index (χ1) is 15.6. The first-order valence-corrected chi connectivity index (χ1v) is 12.0. The largest absolute Gasteiger partial charge is 0.515 e. The minimum absolute atomic E-state index is 0.0605. The summed E-state index contributed by atoms with van der Waals surface area (Å²) in [4.78, 5) is 11.9. The molecule has 12 heteroatoms. The van der Waals surface area contributed by atoms with E-state index in [9.17, 15) is 43.9 Å². The molecule has 0 aliphatic heterocycles. The van der Waals surface area contributed by atoms with Crippen molar-refractivity contribution < 1.29 is 43.9 Å². The van der Waals surface area contributed by atoms with Crippen molar-refractivity contribution in [3.05, 3.63) is 89.2 Å². The van der Waals surface area contributed by atoms with Crippen LogP contribution in [0.4, 0.5) is 34.9 Å². The fraction of sp³-hybridized carbons (Fsp3) is 0.136. The lowest BCUT2D eigenvalue weighted by atomic mass is 9.79. The Morgan fingerprint density at radius 1 is 0.706 bits per heavy atom.